The van der Waals surface area contributed by atoms with Gasteiger partial charge in [-0.25, -0.2) is 10.8 Å². The maximum Gasteiger partial charge on any atom is 0.283 e. The molecule has 18 heavy (non-hydrogen) atoms. The van der Waals surface area contributed by atoms with Crippen LogP contribution in [0.25, 0.3) is 0 Å². The number of hydrogen-bond donors (Lipinski definition) is 3. The Hall–Kier alpha value is -1.99. The molecule has 96 valence electrons. The van der Waals surface area contributed by atoms with Crippen molar-refractivity contribution >= 4 is 11.8 Å². The molecule has 2 heterocycles. The summed E-state index contributed by atoms with van der Waals surface area (Å²) in [5, 5.41) is 2.75. The van der Waals surface area contributed by atoms with Crippen molar-refractivity contribution in [3.8, 4) is 0 Å². The van der Waals surface area contributed by atoms with Crippen LogP contribution in [0.1, 0.15) is 16.2 Å². The molecule has 7 nitrogen and oxygen atoms in total. The zero-order valence-corrected chi connectivity index (χ0v) is 9.85. The number of carbonyl (C=O) groups excluding carboxylic acids is 2. The second kappa shape index (κ2) is 5.56. The molecular weight excluding hydrogens is 234 g/mol. The topological polar surface area (TPSA) is 100 Å². The number of nitrogens with one attached hydrogen (secondary N) is 2. The van der Waals surface area contributed by atoms with Crippen LogP contribution in [0.2, 0.25) is 0 Å². The van der Waals surface area contributed by atoms with Gasteiger partial charge in [0.2, 0.25) is 5.91 Å². The Balaban J connectivity index is 2.04. The van der Waals surface area contributed by atoms with Crippen LogP contribution >= 0.6 is 0 Å². The predicted octanol–water partition coefficient (Wildman–Crippen LogP) is -1.38. The number of aromatic nitrogens is 1. The van der Waals surface area contributed by atoms with E-state index < -0.39 is 5.91 Å². The summed E-state index contributed by atoms with van der Waals surface area (Å²) in [6.45, 7) is 2.32. The maximum absolute atomic E-state index is 11.3. The average molecular weight is 249 g/mol. The van der Waals surface area contributed by atoms with Crippen molar-refractivity contribution < 1.29 is 9.59 Å². The highest BCUT2D eigenvalue weighted by atomic mass is 16.2. The Morgan fingerprint density at radius 2 is 2.39 bits per heavy atom. The van der Waals surface area contributed by atoms with E-state index in [2.05, 4.69) is 10.3 Å². The lowest BCUT2D eigenvalue weighted by molar-refractivity contribution is -0.124. The van der Waals surface area contributed by atoms with Crippen molar-refractivity contribution in [2.24, 2.45) is 5.84 Å². The lowest BCUT2D eigenvalue weighted by atomic mass is 10.2. The smallest absolute Gasteiger partial charge is 0.283 e. The summed E-state index contributed by atoms with van der Waals surface area (Å²) >= 11 is 0. The third kappa shape index (κ3) is 3.02. The molecule has 0 spiro atoms. The van der Waals surface area contributed by atoms with E-state index in [1.807, 2.05) is 16.4 Å². The van der Waals surface area contributed by atoms with Crippen LogP contribution in [0.15, 0.2) is 18.2 Å². The first-order valence-corrected chi connectivity index (χ1v) is 5.65. The van der Waals surface area contributed by atoms with Gasteiger partial charge in [0.1, 0.15) is 5.69 Å². The molecule has 1 aliphatic rings. The van der Waals surface area contributed by atoms with Crippen LogP contribution < -0.4 is 16.6 Å². The van der Waals surface area contributed by atoms with Crippen LogP contribution in [0, 0.1) is 0 Å². The number of hydrazine groups is 1. The first-order valence-electron chi connectivity index (χ1n) is 5.65. The van der Waals surface area contributed by atoms with Crippen molar-refractivity contribution in [1.82, 2.24) is 20.6 Å². The van der Waals surface area contributed by atoms with Gasteiger partial charge in [-0.2, -0.15) is 0 Å². The SMILES string of the molecule is NNC(=O)c1cccc(CN2CCNC(=O)C2)n1. The van der Waals surface area contributed by atoms with Gasteiger partial charge in [-0.15, -0.1) is 0 Å². The minimum absolute atomic E-state index is 0.0112. The molecule has 1 aromatic heterocycles. The molecule has 0 atom stereocenters. The number of hydrogen-bond acceptors (Lipinski definition) is 5. The van der Waals surface area contributed by atoms with Gasteiger partial charge in [-0.1, -0.05) is 6.07 Å². The molecule has 0 saturated carbocycles. The lowest BCUT2D eigenvalue weighted by Crippen LogP contribution is -2.47. The van der Waals surface area contributed by atoms with Gasteiger partial charge >= 0.3 is 0 Å². The van der Waals surface area contributed by atoms with Gasteiger partial charge in [-0.3, -0.25) is 19.9 Å². The van der Waals surface area contributed by atoms with Crippen molar-refractivity contribution in [2.45, 2.75) is 6.54 Å². The standard InChI is InChI=1S/C11H15N5O2/c12-15-11(18)9-3-1-2-8(14-9)6-16-5-4-13-10(17)7-16/h1-3H,4-7,12H2,(H,13,17)(H,15,18). The third-order valence-corrected chi connectivity index (χ3v) is 2.67. The molecule has 7 heteroatoms. The van der Waals surface area contributed by atoms with E-state index >= 15 is 0 Å². The largest absolute Gasteiger partial charge is 0.354 e. The van der Waals surface area contributed by atoms with E-state index in [0.29, 0.717) is 19.6 Å². The molecule has 1 aliphatic heterocycles. The highest BCUT2D eigenvalue weighted by molar-refractivity contribution is 5.91. The molecule has 2 amide bonds. The molecule has 0 aromatic carbocycles. The highest BCUT2D eigenvalue weighted by Crippen LogP contribution is 2.05. The molecule has 0 bridgehead atoms. The van der Waals surface area contributed by atoms with Gasteiger partial charge in [0, 0.05) is 19.6 Å². The number of amides is 2. The Morgan fingerprint density at radius 3 is 3.11 bits per heavy atom. The fraction of sp³-hybridized carbons (Fsp3) is 0.364. The molecule has 2 rings (SSSR count). The Bertz CT molecular complexity index is 463. The number of nitrogens with two attached hydrogens (primary N) is 1. The number of nitrogens with zero attached hydrogens (tertiary/aromatic N) is 2. The first-order chi connectivity index (χ1) is 8.69. The molecule has 0 aliphatic carbocycles. The minimum atomic E-state index is -0.423. The van der Waals surface area contributed by atoms with E-state index in [4.69, 9.17) is 5.84 Å². The summed E-state index contributed by atoms with van der Waals surface area (Å²) in [4.78, 5) is 28.7. The minimum Gasteiger partial charge on any atom is -0.354 e. The van der Waals surface area contributed by atoms with E-state index in [1.54, 1.807) is 12.1 Å². The monoisotopic (exact) mass is 249 g/mol. The predicted molar refractivity (Wildman–Crippen MR) is 64.2 cm³/mol. The zero-order chi connectivity index (χ0) is 13.0. The number of rotatable bonds is 3. The van der Waals surface area contributed by atoms with Gasteiger partial charge in [0.15, 0.2) is 0 Å². The van der Waals surface area contributed by atoms with Gasteiger partial charge in [-0.05, 0) is 12.1 Å². The van der Waals surface area contributed by atoms with E-state index in [9.17, 15) is 9.59 Å². The fourth-order valence-electron chi connectivity index (χ4n) is 1.82. The Kier molecular flexibility index (Phi) is 3.85. The number of carbonyl (C=O) groups is 2. The Morgan fingerprint density at radius 1 is 1.56 bits per heavy atom. The second-order valence-corrected chi connectivity index (χ2v) is 4.05. The lowest BCUT2D eigenvalue weighted by Gasteiger charge is -2.26. The number of pyridine rings is 1. The summed E-state index contributed by atoms with van der Waals surface area (Å²) < 4.78 is 0. The first kappa shape index (κ1) is 12.5. The van der Waals surface area contributed by atoms with Crippen LogP contribution in [-0.2, 0) is 11.3 Å². The highest BCUT2D eigenvalue weighted by Gasteiger charge is 2.17. The zero-order valence-electron chi connectivity index (χ0n) is 9.85. The molecule has 1 saturated heterocycles. The normalized spacial score (nSPS) is 16.2. The van der Waals surface area contributed by atoms with E-state index in [1.165, 1.54) is 0 Å². The van der Waals surface area contributed by atoms with Crippen molar-refractivity contribution in [3.05, 3.63) is 29.6 Å². The average Bonchev–Trinajstić information content (AvgIpc) is 2.38. The molecule has 0 radical (unpaired) electrons. The van der Waals surface area contributed by atoms with Crippen molar-refractivity contribution in [3.63, 3.8) is 0 Å². The van der Waals surface area contributed by atoms with E-state index in [-0.39, 0.29) is 11.6 Å². The van der Waals surface area contributed by atoms with Crippen molar-refractivity contribution in [2.75, 3.05) is 19.6 Å². The van der Waals surface area contributed by atoms with Crippen LogP contribution in [0.3, 0.4) is 0 Å². The maximum atomic E-state index is 11.3. The quantitative estimate of drug-likeness (QED) is 0.348. The van der Waals surface area contributed by atoms with Crippen LogP contribution in [0.5, 0.6) is 0 Å². The third-order valence-electron chi connectivity index (χ3n) is 2.67. The molecular formula is C11H15N5O2. The molecule has 0 unspecified atom stereocenters. The summed E-state index contributed by atoms with van der Waals surface area (Å²) in [6.07, 6.45) is 0. The van der Waals surface area contributed by atoms with Gasteiger partial charge < -0.3 is 5.32 Å². The summed E-state index contributed by atoms with van der Waals surface area (Å²) in [6, 6.07) is 5.16. The number of nitrogen functional groups attached to an aromatic ring is 1. The van der Waals surface area contributed by atoms with Crippen LogP contribution in [0.4, 0.5) is 0 Å². The molecule has 1 fully saturated rings. The Labute approximate surface area is 104 Å². The summed E-state index contributed by atoms with van der Waals surface area (Å²) in [5.41, 5.74) is 3.06. The van der Waals surface area contributed by atoms with E-state index in [0.717, 1.165) is 12.2 Å². The number of piperazine rings is 1. The molecule has 4 N–H and O–H groups in total. The van der Waals surface area contributed by atoms with Crippen molar-refractivity contribution in [1.29, 1.82) is 0 Å². The summed E-state index contributed by atoms with van der Waals surface area (Å²) in [7, 11) is 0. The van der Waals surface area contributed by atoms with Crippen LogP contribution in [-0.4, -0.2) is 41.3 Å². The van der Waals surface area contributed by atoms with Gasteiger partial charge in [0.25, 0.3) is 5.91 Å². The summed E-state index contributed by atoms with van der Waals surface area (Å²) in [5.74, 6) is 4.64. The van der Waals surface area contributed by atoms with Gasteiger partial charge in [0.05, 0.1) is 12.2 Å². The second-order valence-electron chi connectivity index (χ2n) is 4.05. The molecule has 1 aromatic rings. The fourth-order valence-corrected chi connectivity index (χ4v) is 1.82.